The number of aryl methyl sites for hydroxylation is 2. The molecular formula is C16H22N2S. The number of aromatic nitrogens is 1. The zero-order valence-electron chi connectivity index (χ0n) is 11.7. The van der Waals surface area contributed by atoms with Gasteiger partial charge in [-0.2, -0.15) is 0 Å². The van der Waals surface area contributed by atoms with E-state index in [9.17, 15) is 0 Å². The number of hydrogen-bond acceptors (Lipinski definition) is 3. The summed E-state index contributed by atoms with van der Waals surface area (Å²) in [7, 11) is 0. The predicted octanol–water partition coefficient (Wildman–Crippen LogP) is 4.13. The Kier molecular flexibility index (Phi) is 5.55. The Balaban J connectivity index is 2.05. The van der Waals surface area contributed by atoms with Crippen LogP contribution in [0, 0.1) is 6.92 Å². The van der Waals surface area contributed by atoms with Crippen molar-refractivity contribution < 1.29 is 0 Å². The van der Waals surface area contributed by atoms with Gasteiger partial charge in [0.2, 0.25) is 0 Å². The molecule has 0 amide bonds. The molecule has 0 bridgehead atoms. The summed E-state index contributed by atoms with van der Waals surface area (Å²) in [5, 5.41) is 5.82. The average Bonchev–Trinajstić information content (AvgIpc) is 2.93. The van der Waals surface area contributed by atoms with Crippen molar-refractivity contribution in [2.75, 3.05) is 6.54 Å². The summed E-state index contributed by atoms with van der Waals surface area (Å²) < 4.78 is 0. The molecule has 102 valence electrons. The van der Waals surface area contributed by atoms with Gasteiger partial charge in [0.05, 0.1) is 0 Å². The Morgan fingerprint density at radius 3 is 2.95 bits per heavy atom. The highest BCUT2D eigenvalue weighted by Gasteiger charge is 2.13. The van der Waals surface area contributed by atoms with Crippen molar-refractivity contribution in [3.05, 3.63) is 52.0 Å². The second-order valence-corrected chi connectivity index (χ2v) is 5.89. The molecule has 19 heavy (non-hydrogen) atoms. The highest BCUT2D eigenvalue weighted by molar-refractivity contribution is 7.09. The molecule has 2 aromatic heterocycles. The first-order chi connectivity index (χ1) is 9.31. The Morgan fingerprint density at radius 1 is 1.37 bits per heavy atom. The first-order valence-corrected chi connectivity index (χ1v) is 7.85. The summed E-state index contributed by atoms with van der Waals surface area (Å²) in [5.41, 5.74) is 2.67. The fourth-order valence-corrected chi connectivity index (χ4v) is 3.03. The lowest BCUT2D eigenvalue weighted by Crippen LogP contribution is -2.23. The van der Waals surface area contributed by atoms with Crippen LogP contribution in [0.4, 0.5) is 0 Å². The minimum atomic E-state index is 0.435. The maximum Gasteiger partial charge on any atom is 0.0327 e. The lowest BCUT2D eigenvalue weighted by molar-refractivity contribution is 0.498. The van der Waals surface area contributed by atoms with Crippen molar-refractivity contribution in [3.63, 3.8) is 0 Å². The molecule has 0 fully saturated rings. The minimum Gasteiger partial charge on any atom is -0.310 e. The lowest BCUT2D eigenvalue weighted by Gasteiger charge is -2.20. The van der Waals surface area contributed by atoms with Gasteiger partial charge >= 0.3 is 0 Å². The molecule has 2 aromatic rings. The van der Waals surface area contributed by atoms with Crippen molar-refractivity contribution in [3.8, 4) is 0 Å². The first kappa shape index (κ1) is 14.2. The van der Waals surface area contributed by atoms with Gasteiger partial charge < -0.3 is 5.32 Å². The zero-order chi connectivity index (χ0) is 13.5. The van der Waals surface area contributed by atoms with E-state index >= 15 is 0 Å². The molecule has 0 aliphatic carbocycles. The van der Waals surface area contributed by atoms with Crippen molar-refractivity contribution in [1.29, 1.82) is 0 Å². The Labute approximate surface area is 119 Å². The zero-order valence-corrected chi connectivity index (χ0v) is 12.5. The highest BCUT2D eigenvalue weighted by Crippen LogP contribution is 2.23. The van der Waals surface area contributed by atoms with Gasteiger partial charge in [-0.15, -0.1) is 11.3 Å². The molecule has 0 saturated heterocycles. The van der Waals surface area contributed by atoms with Gasteiger partial charge in [-0.1, -0.05) is 13.0 Å². The normalized spacial score (nSPS) is 12.5. The summed E-state index contributed by atoms with van der Waals surface area (Å²) in [4.78, 5) is 5.66. The third-order valence-electron chi connectivity index (χ3n) is 3.34. The largest absolute Gasteiger partial charge is 0.310 e. The van der Waals surface area contributed by atoms with Gasteiger partial charge in [0, 0.05) is 23.3 Å². The van der Waals surface area contributed by atoms with E-state index in [0.29, 0.717) is 6.04 Å². The molecule has 0 spiro atoms. The number of nitrogens with zero attached hydrogens (tertiary/aromatic N) is 1. The van der Waals surface area contributed by atoms with Crippen molar-refractivity contribution >= 4 is 11.3 Å². The van der Waals surface area contributed by atoms with Crippen molar-refractivity contribution in [1.82, 2.24) is 10.3 Å². The summed E-state index contributed by atoms with van der Waals surface area (Å²) in [6.07, 6.45) is 7.31. The summed E-state index contributed by atoms with van der Waals surface area (Å²) in [5.74, 6) is 0. The van der Waals surface area contributed by atoms with E-state index in [1.165, 1.54) is 22.4 Å². The predicted molar refractivity (Wildman–Crippen MR) is 82.6 cm³/mol. The number of pyridine rings is 1. The number of nitrogens with one attached hydrogen (secondary N) is 1. The van der Waals surface area contributed by atoms with E-state index < -0.39 is 0 Å². The standard InChI is InChI=1S/C16H22N2S/c1-3-9-18-16(7-6-14-5-4-11-19-14)15-8-10-17-12-13(15)2/h4-5,8,10-12,16,18H,3,6-7,9H2,1-2H3. The third-order valence-corrected chi connectivity index (χ3v) is 4.28. The van der Waals surface area contributed by atoms with E-state index in [1.54, 1.807) is 0 Å². The molecule has 0 radical (unpaired) electrons. The van der Waals surface area contributed by atoms with E-state index in [2.05, 4.69) is 47.7 Å². The lowest BCUT2D eigenvalue weighted by atomic mass is 9.98. The third kappa shape index (κ3) is 4.15. The maximum atomic E-state index is 4.19. The summed E-state index contributed by atoms with van der Waals surface area (Å²) >= 11 is 1.85. The number of thiophene rings is 1. The molecule has 2 nitrogen and oxygen atoms in total. The second-order valence-electron chi connectivity index (χ2n) is 4.86. The molecule has 3 heteroatoms. The van der Waals surface area contributed by atoms with Crippen LogP contribution in [0.25, 0.3) is 0 Å². The fourth-order valence-electron chi connectivity index (χ4n) is 2.30. The molecule has 0 saturated carbocycles. The molecule has 1 unspecified atom stereocenters. The Hall–Kier alpha value is -1.19. The summed E-state index contributed by atoms with van der Waals surface area (Å²) in [6.45, 7) is 5.42. The number of hydrogen-bond donors (Lipinski definition) is 1. The average molecular weight is 274 g/mol. The van der Waals surface area contributed by atoms with Crippen LogP contribution in [-0.2, 0) is 6.42 Å². The van der Waals surface area contributed by atoms with Gasteiger partial charge in [-0.3, -0.25) is 4.98 Å². The van der Waals surface area contributed by atoms with Gasteiger partial charge in [-0.05, 0) is 61.4 Å². The van der Waals surface area contributed by atoms with Crippen LogP contribution in [0.15, 0.2) is 36.0 Å². The fraction of sp³-hybridized carbons (Fsp3) is 0.438. The maximum absolute atomic E-state index is 4.19. The first-order valence-electron chi connectivity index (χ1n) is 6.97. The van der Waals surface area contributed by atoms with E-state index in [1.807, 2.05) is 23.7 Å². The van der Waals surface area contributed by atoms with Crippen LogP contribution in [0.3, 0.4) is 0 Å². The topological polar surface area (TPSA) is 24.9 Å². The van der Waals surface area contributed by atoms with Gasteiger partial charge in [0.15, 0.2) is 0 Å². The Bertz CT molecular complexity index is 479. The smallest absolute Gasteiger partial charge is 0.0327 e. The summed E-state index contributed by atoms with van der Waals surface area (Å²) in [6, 6.07) is 6.94. The van der Waals surface area contributed by atoms with Crippen LogP contribution in [0.5, 0.6) is 0 Å². The molecule has 0 aromatic carbocycles. The van der Waals surface area contributed by atoms with Crippen molar-refractivity contribution in [2.45, 2.75) is 39.2 Å². The second kappa shape index (κ2) is 7.41. The Morgan fingerprint density at radius 2 is 2.26 bits per heavy atom. The van der Waals surface area contributed by atoms with E-state index in [0.717, 1.165) is 19.4 Å². The van der Waals surface area contributed by atoms with Gasteiger partial charge in [0.25, 0.3) is 0 Å². The van der Waals surface area contributed by atoms with Crippen molar-refractivity contribution in [2.24, 2.45) is 0 Å². The quantitative estimate of drug-likeness (QED) is 0.821. The highest BCUT2D eigenvalue weighted by atomic mass is 32.1. The van der Waals surface area contributed by atoms with E-state index in [-0.39, 0.29) is 0 Å². The monoisotopic (exact) mass is 274 g/mol. The molecule has 0 aliphatic heterocycles. The minimum absolute atomic E-state index is 0.435. The molecule has 1 N–H and O–H groups in total. The molecular weight excluding hydrogens is 252 g/mol. The van der Waals surface area contributed by atoms with Crippen LogP contribution in [-0.4, -0.2) is 11.5 Å². The molecule has 0 aliphatic rings. The van der Waals surface area contributed by atoms with Gasteiger partial charge in [-0.25, -0.2) is 0 Å². The molecule has 2 heterocycles. The SMILES string of the molecule is CCCNC(CCc1cccs1)c1ccncc1C. The van der Waals surface area contributed by atoms with Crippen LogP contribution in [0.1, 0.15) is 41.8 Å². The van der Waals surface area contributed by atoms with Crippen LogP contribution in [0.2, 0.25) is 0 Å². The van der Waals surface area contributed by atoms with E-state index in [4.69, 9.17) is 0 Å². The van der Waals surface area contributed by atoms with Crippen LogP contribution < -0.4 is 5.32 Å². The number of rotatable bonds is 7. The van der Waals surface area contributed by atoms with Crippen LogP contribution >= 0.6 is 11.3 Å². The van der Waals surface area contributed by atoms with Gasteiger partial charge in [0.1, 0.15) is 0 Å². The molecule has 2 rings (SSSR count). The molecule has 1 atom stereocenters.